The van der Waals surface area contributed by atoms with Crippen LogP contribution in [0.25, 0.3) is 0 Å². The molecule has 1 aromatic heterocycles. The van der Waals surface area contributed by atoms with Gasteiger partial charge in [-0.1, -0.05) is 0 Å². The van der Waals surface area contributed by atoms with Crippen molar-refractivity contribution in [3.05, 3.63) is 29.6 Å². The van der Waals surface area contributed by atoms with Crippen LogP contribution in [-0.2, 0) is 4.74 Å². The van der Waals surface area contributed by atoms with Gasteiger partial charge < -0.3 is 15.4 Å². The maximum atomic E-state index is 11.8. The number of piperidine rings is 1. The molecule has 5 nitrogen and oxygen atoms in total. The zero-order chi connectivity index (χ0) is 13.5. The number of rotatable bonds is 5. The van der Waals surface area contributed by atoms with Crippen LogP contribution in [0.15, 0.2) is 18.3 Å². The molecule has 1 aliphatic rings. The second kappa shape index (κ2) is 7.21. The third kappa shape index (κ3) is 4.61. The van der Waals surface area contributed by atoms with E-state index in [-0.39, 0.29) is 5.91 Å². The number of hydrogen-bond donors (Lipinski definition) is 2. The van der Waals surface area contributed by atoms with Crippen molar-refractivity contribution < 1.29 is 9.53 Å². The molecule has 1 fully saturated rings. The Bertz CT molecular complexity index is 400. The minimum atomic E-state index is -0.0959. The van der Waals surface area contributed by atoms with E-state index < -0.39 is 0 Å². The minimum absolute atomic E-state index is 0.0959. The van der Waals surface area contributed by atoms with Gasteiger partial charge in [-0.15, -0.1) is 0 Å². The fourth-order valence-corrected chi connectivity index (χ4v) is 2.06. The summed E-state index contributed by atoms with van der Waals surface area (Å²) >= 11 is 0. The summed E-state index contributed by atoms with van der Waals surface area (Å²) in [5.74, 6) is -0.0959. The first kappa shape index (κ1) is 14.0. The zero-order valence-corrected chi connectivity index (χ0v) is 11.3. The molecule has 0 bridgehead atoms. The Labute approximate surface area is 113 Å². The number of amides is 1. The van der Waals surface area contributed by atoms with Crippen molar-refractivity contribution in [2.75, 3.05) is 26.2 Å². The quantitative estimate of drug-likeness (QED) is 0.774. The predicted octanol–water partition coefficient (Wildman–Crippen LogP) is 0.888. The third-order valence-corrected chi connectivity index (χ3v) is 3.20. The molecule has 0 aliphatic carbocycles. The molecule has 2 N–H and O–H groups in total. The number of nitrogens with zero attached hydrogens (tertiary/aromatic N) is 1. The summed E-state index contributed by atoms with van der Waals surface area (Å²) in [6.45, 7) is 5.04. The fourth-order valence-electron chi connectivity index (χ4n) is 2.06. The number of carbonyl (C=O) groups is 1. The lowest BCUT2D eigenvalue weighted by Gasteiger charge is -2.22. The molecule has 0 radical (unpaired) electrons. The normalized spacial score (nSPS) is 16.3. The molecule has 104 valence electrons. The number of hydrogen-bond acceptors (Lipinski definition) is 4. The van der Waals surface area contributed by atoms with E-state index in [2.05, 4.69) is 15.6 Å². The van der Waals surface area contributed by atoms with Crippen LogP contribution in [0.5, 0.6) is 0 Å². The highest BCUT2D eigenvalue weighted by Gasteiger charge is 2.13. The lowest BCUT2D eigenvalue weighted by Crippen LogP contribution is -2.34. The molecule has 2 rings (SSSR count). The summed E-state index contributed by atoms with van der Waals surface area (Å²) in [6, 6.07) is 3.62. The van der Waals surface area contributed by atoms with Crippen molar-refractivity contribution in [2.45, 2.75) is 25.9 Å². The molecule has 0 atom stereocenters. The SMILES string of the molecule is Cc1ccc(C(=O)NCCOC2CCNCC2)cn1. The van der Waals surface area contributed by atoms with Gasteiger partial charge >= 0.3 is 0 Å². The summed E-state index contributed by atoms with van der Waals surface area (Å²) in [5.41, 5.74) is 1.50. The fraction of sp³-hybridized carbons (Fsp3) is 0.571. The number of nitrogens with one attached hydrogen (secondary N) is 2. The molecule has 1 amide bonds. The van der Waals surface area contributed by atoms with Crippen molar-refractivity contribution in [2.24, 2.45) is 0 Å². The molecule has 5 heteroatoms. The van der Waals surface area contributed by atoms with Crippen LogP contribution in [0.4, 0.5) is 0 Å². The van der Waals surface area contributed by atoms with Gasteiger partial charge in [0.05, 0.1) is 18.3 Å². The summed E-state index contributed by atoms with van der Waals surface area (Å²) in [5, 5.41) is 6.13. The summed E-state index contributed by atoms with van der Waals surface area (Å²) in [6.07, 6.45) is 4.03. The van der Waals surface area contributed by atoms with Crippen LogP contribution in [0.3, 0.4) is 0 Å². The Morgan fingerprint density at radius 1 is 1.47 bits per heavy atom. The molecule has 0 aromatic carbocycles. The third-order valence-electron chi connectivity index (χ3n) is 3.20. The van der Waals surface area contributed by atoms with Crippen LogP contribution < -0.4 is 10.6 Å². The van der Waals surface area contributed by atoms with Gasteiger partial charge in [0.25, 0.3) is 5.91 Å². The van der Waals surface area contributed by atoms with E-state index in [0.717, 1.165) is 31.6 Å². The van der Waals surface area contributed by atoms with Crippen LogP contribution >= 0.6 is 0 Å². The summed E-state index contributed by atoms with van der Waals surface area (Å²) < 4.78 is 5.72. The van der Waals surface area contributed by atoms with Crippen molar-refractivity contribution in [3.63, 3.8) is 0 Å². The molecule has 0 unspecified atom stereocenters. The maximum absolute atomic E-state index is 11.8. The monoisotopic (exact) mass is 263 g/mol. The molecular weight excluding hydrogens is 242 g/mol. The highest BCUT2D eigenvalue weighted by molar-refractivity contribution is 5.93. The van der Waals surface area contributed by atoms with Gasteiger partial charge in [0, 0.05) is 18.4 Å². The molecule has 0 spiro atoms. The van der Waals surface area contributed by atoms with E-state index in [1.54, 1.807) is 12.3 Å². The first-order chi connectivity index (χ1) is 9.25. The van der Waals surface area contributed by atoms with Crippen LogP contribution in [0.1, 0.15) is 28.9 Å². The van der Waals surface area contributed by atoms with Gasteiger partial charge in [-0.25, -0.2) is 0 Å². The van der Waals surface area contributed by atoms with Gasteiger partial charge in [-0.05, 0) is 45.0 Å². The largest absolute Gasteiger partial charge is 0.376 e. The Kier molecular flexibility index (Phi) is 5.30. The Balaban J connectivity index is 1.64. The Hall–Kier alpha value is -1.46. The predicted molar refractivity (Wildman–Crippen MR) is 73.2 cm³/mol. The first-order valence-electron chi connectivity index (χ1n) is 6.79. The zero-order valence-electron chi connectivity index (χ0n) is 11.3. The lowest BCUT2D eigenvalue weighted by molar-refractivity contribution is 0.0343. The number of pyridine rings is 1. The topological polar surface area (TPSA) is 63.2 Å². The molecule has 1 aliphatic heterocycles. The molecular formula is C14H21N3O2. The van der Waals surface area contributed by atoms with Crippen molar-refractivity contribution >= 4 is 5.91 Å². The van der Waals surface area contributed by atoms with E-state index in [0.29, 0.717) is 24.8 Å². The number of carbonyl (C=O) groups excluding carboxylic acids is 1. The van der Waals surface area contributed by atoms with E-state index >= 15 is 0 Å². The number of aromatic nitrogens is 1. The van der Waals surface area contributed by atoms with Gasteiger partial charge in [-0.3, -0.25) is 9.78 Å². The van der Waals surface area contributed by atoms with E-state index in [1.807, 2.05) is 13.0 Å². The van der Waals surface area contributed by atoms with Crippen LogP contribution in [0, 0.1) is 6.92 Å². The summed E-state index contributed by atoms with van der Waals surface area (Å²) in [4.78, 5) is 15.9. The number of ether oxygens (including phenoxy) is 1. The van der Waals surface area contributed by atoms with E-state index in [1.165, 1.54) is 0 Å². The standard InChI is InChI=1S/C14H21N3O2/c1-11-2-3-12(10-17-11)14(18)16-8-9-19-13-4-6-15-7-5-13/h2-3,10,13,15H,4-9H2,1H3,(H,16,18). The highest BCUT2D eigenvalue weighted by Crippen LogP contribution is 2.06. The highest BCUT2D eigenvalue weighted by atomic mass is 16.5. The number of aryl methyl sites for hydroxylation is 1. The van der Waals surface area contributed by atoms with Gasteiger partial charge in [0.15, 0.2) is 0 Å². The molecule has 0 saturated carbocycles. The van der Waals surface area contributed by atoms with Gasteiger partial charge in [-0.2, -0.15) is 0 Å². The average molecular weight is 263 g/mol. The van der Waals surface area contributed by atoms with Gasteiger partial charge in [0.1, 0.15) is 0 Å². The Morgan fingerprint density at radius 2 is 2.26 bits per heavy atom. The second-order valence-corrected chi connectivity index (χ2v) is 4.76. The molecule has 1 aromatic rings. The first-order valence-corrected chi connectivity index (χ1v) is 6.79. The Morgan fingerprint density at radius 3 is 2.95 bits per heavy atom. The van der Waals surface area contributed by atoms with E-state index in [9.17, 15) is 4.79 Å². The molecule has 19 heavy (non-hydrogen) atoms. The second-order valence-electron chi connectivity index (χ2n) is 4.76. The van der Waals surface area contributed by atoms with Crippen LogP contribution in [-0.4, -0.2) is 43.2 Å². The maximum Gasteiger partial charge on any atom is 0.252 e. The molecule has 1 saturated heterocycles. The molecule has 2 heterocycles. The van der Waals surface area contributed by atoms with Crippen LogP contribution in [0.2, 0.25) is 0 Å². The minimum Gasteiger partial charge on any atom is -0.376 e. The van der Waals surface area contributed by atoms with Crippen molar-refractivity contribution in [1.82, 2.24) is 15.6 Å². The summed E-state index contributed by atoms with van der Waals surface area (Å²) in [7, 11) is 0. The smallest absolute Gasteiger partial charge is 0.252 e. The van der Waals surface area contributed by atoms with E-state index in [4.69, 9.17) is 4.74 Å². The van der Waals surface area contributed by atoms with Crippen molar-refractivity contribution in [3.8, 4) is 0 Å². The van der Waals surface area contributed by atoms with Crippen molar-refractivity contribution in [1.29, 1.82) is 0 Å². The average Bonchev–Trinajstić information content (AvgIpc) is 2.45. The van der Waals surface area contributed by atoms with Gasteiger partial charge in [0.2, 0.25) is 0 Å². The lowest BCUT2D eigenvalue weighted by atomic mass is 10.1.